The van der Waals surface area contributed by atoms with Gasteiger partial charge < -0.3 is 10.6 Å². The second kappa shape index (κ2) is 10.6. The zero-order valence-electron chi connectivity index (χ0n) is 11.4. The number of nitrogens with one attached hydrogen (secondary N) is 2. The molecule has 0 aliphatic carbocycles. The summed E-state index contributed by atoms with van der Waals surface area (Å²) >= 11 is 0. The van der Waals surface area contributed by atoms with Crippen LogP contribution >= 0.6 is 24.8 Å². The summed E-state index contributed by atoms with van der Waals surface area (Å²) in [4.78, 5) is 14.8. The van der Waals surface area contributed by atoms with Gasteiger partial charge in [-0.05, 0) is 25.1 Å². The number of carbonyl (C=O) groups is 1. The standard InChI is InChI=1S/C12H16F3N3O.2ClH/c1-2-5-16-6-7-17-11(19)9-3-4-10(18-8-9)12(13,14)15;;/h3-4,8,16H,2,5-7H2,1H3,(H,17,19);2*1H. The van der Waals surface area contributed by atoms with E-state index in [1.807, 2.05) is 6.92 Å². The molecule has 4 nitrogen and oxygen atoms in total. The van der Waals surface area contributed by atoms with Crippen LogP contribution in [-0.4, -0.2) is 30.5 Å². The van der Waals surface area contributed by atoms with E-state index in [2.05, 4.69) is 15.6 Å². The lowest BCUT2D eigenvalue weighted by atomic mass is 10.2. The van der Waals surface area contributed by atoms with Gasteiger partial charge in [-0.25, -0.2) is 0 Å². The molecule has 1 aromatic heterocycles. The minimum atomic E-state index is -4.49. The highest BCUT2D eigenvalue weighted by Crippen LogP contribution is 2.27. The molecule has 0 spiro atoms. The Bertz CT molecular complexity index is 413. The maximum Gasteiger partial charge on any atom is 0.433 e. The fourth-order valence-corrected chi connectivity index (χ4v) is 1.36. The highest BCUT2D eigenvalue weighted by molar-refractivity contribution is 5.93. The zero-order valence-corrected chi connectivity index (χ0v) is 13.0. The second-order valence-corrected chi connectivity index (χ2v) is 3.94. The predicted octanol–water partition coefficient (Wildman–Crippen LogP) is 2.67. The molecule has 21 heavy (non-hydrogen) atoms. The summed E-state index contributed by atoms with van der Waals surface area (Å²) in [5.41, 5.74) is -0.892. The van der Waals surface area contributed by atoms with Crippen molar-refractivity contribution < 1.29 is 18.0 Å². The third kappa shape index (κ3) is 8.08. The van der Waals surface area contributed by atoms with Crippen molar-refractivity contribution in [3.05, 3.63) is 29.6 Å². The summed E-state index contributed by atoms with van der Waals surface area (Å²) < 4.78 is 36.8. The van der Waals surface area contributed by atoms with Crippen molar-refractivity contribution in [2.24, 2.45) is 0 Å². The number of pyridine rings is 1. The Labute approximate surface area is 133 Å². The van der Waals surface area contributed by atoms with E-state index in [4.69, 9.17) is 0 Å². The van der Waals surface area contributed by atoms with Crippen molar-refractivity contribution in [3.63, 3.8) is 0 Å². The quantitative estimate of drug-likeness (QED) is 0.778. The van der Waals surface area contributed by atoms with Crippen molar-refractivity contribution in [2.75, 3.05) is 19.6 Å². The molecular formula is C12H18Cl2F3N3O. The molecule has 1 heterocycles. The van der Waals surface area contributed by atoms with Gasteiger partial charge in [-0.2, -0.15) is 13.2 Å². The molecule has 0 aromatic carbocycles. The Morgan fingerprint density at radius 1 is 1.19 bits per heavy atom. The maximum absolute atomic E-state index is 12.3. The van der Waals surface area contributed by atoms with Crippen LogP contribution in [0.3, 0.4) is 0 Å². The number of nitrogens with zero attached hydrogens (tertiary/aromatic N) is 1. The number of hydrogen-bond donors (Lipinski definition) is 2. The second-order valence-electron chi connectivity index (χ2n) is 3.94. The lowest BCUT2D eigenvalue weighted by Crippen LogP contribution is -2.32. The summed E-state index contributed by atoms with van der Waals surface area (Å²) in [6.07, 6.45) is -2.56. The molecule has 0 unspecified atom stereocenters. The van der Waals surface area contributed by atoms with Crippen LogP contribution in [0.25, 0.3) is 0 Å². The van der Waals surface area contributed by atoms with Gasteiger partial charge in [0.15, 0.2) is 0 Å². The van der Waals surface area contributed by atoms with E-state index in [0.717, 1.165) is 31.3 Å². The molecule has 9 heteroatoms. The van der Waals surface area contributed by atoms with Gasteiger partial charge in [-0.3, -0.25) is 9.78 Å². The van der Waals surface area contributed by atoms with E-state index in [0.29, 0.717) is 13.1 Å². The van der Waals surface area contributed by atoms with Gasteiger partial charge >= 0.3 is 6.18 Å². The van der Waals surface area contributed by atoms with Gasteiger partial charge in [0.25, 0.3) is 5.91 Å². The molecule has 1 rings (SSSR count). The average molecular weight is 348 g/mol. The molecule has 0 radical (unpaired) electrons. The van der Waals surface area contributed by atoms with Gasteiger partial charge in [0.2, 0.25) is 0 Å². The normalized spacial score (nSPS) is 10.3. The number of aromatic nitrogens is 1. The van der Waals surface area contributed by atoms with Gasteiger partial charge in [-0.15, -0.1) is 24.8 Å². The first-order chi connectivity index (χ1) is 8.95. The third-order valence-corrected chi connectivity index (χ3v) is 2.33. The van der Waals surface area contributed by atoms with Crippen molar-refractivity contribution in [1.82, 2.24) is 15.6 Å². The molecule has 0 bridgehead atoms. The van der Waals surface area contributed by atoms with Gasteiger partial charge in [0.05, 0.1) is 5.56 Å². The summed E-state index contributed by atoms with van der Waals surface area (Å²) in [5.74, 6) is -0.431. The SMILES string of the molecule is CCCNCCNC(=O)c1ccc(C(F)(F)F)nc1.Cl.Cl. The lowest BCUT2D eigenvalue weighted by molar-refractivity contribution is -0.141. The molecule has 2 N–H and O–H groups in total. The van der Waals surface area contributed by atoms with E-state index in [1.54, 1.807) is 0 Å². The number of rotatable bonds is 6. The van der Waals surface area contributed by atoms with E-state index >= 15 is 0 Å². The number of halogens is 5. The first-order valence-electron chi connectivity index (χ1n) is 5.97. The van der Waals surface area contributed by atoms with E-state index in [1.165, 1.54) is 0 Å². The Balaban J connectivity index is 0. The summed E-state index contributed by atoms with van der Waals surface area (Å²) in [6, 6.07) is 1.91. The topological polar surface area (TPSA) is 54.0 Å². The Morgan fingerprint density at radius 2 is 1.86 bits per heavy atom. The predicted molar refractivity (Wildman–Crippen MR) is 79.2 cm³/mol. The van der Waals surface area contributed by atoms with Crippen molar-refractivity contribution in [1.29, 1.82) is 0 Å². The van der Waals surface area contributed by atoms with E-state index in [9.17, 15) is 18.0 Å². The van der Waals surface area contributed by atoms with E-state index < -0.39 is 17.8 Å². The Morgan fingerprint density at radius 3 is 2.33 bits per heavy atom. The molecule has 0 saturated carbocycles. The first kappa shape index (κ1) is 22.2. The molecule has 0 fully saturated rings. The summed E-state index contributed by atoms with van der Waals surface area (Å²) in [6.45, 7) is 3.92. The fraction of sp³-hybridized carbons (Fsp3) is 0.500. The van der Waals surface area contributed by atoms with Crippen molar-refractivity contribution in [2.45, 2.75) is 19.5 Å². The smallest absolute Gasteiger partial charge is 0.351 e. The largest absolute Gasteiger partial charge is 0.433 e. The van der Waals surface area contributed by atoms with Crippen LogP contribution in [0.5, 0.6) is 0 Å². The number of carbonyl (C=O) groups excluding carboxylic acids is 1. The highest BCUT2D eigenvalue weighted by Gasteiger charge is 2.32. The van der Waals surface area contributed by atoms with E-state index in [-0.39, 0.29) is 30.4 Å². The minimum absolute atomic E-state index is 0. The molecule has 0 saturated heterocycles. The number of hydrogen-bond acceptors (Lipinski definition) is 3. The monoisotopic (exact) mass is 347 g/mol. The summed E-state index contributed by atoms with van der Waals surface area (Å²) in [7, 11) is 0. The highest BCUT2D eigenvalue weighted by atomic mass is 35.5. The number of amides is 1. The average Bonchev–Trinajstić information content (AvgIpc) is 2.37. The van der Waals surface area contributed by atoms with Crippen LogP contribution in [0.15, 0.2) is 18.3 Å². The van der Waals surface area contributed by atoms with Gasteiger partial charge in [0.1, 0.15) is 5.69 Å². The van der Waals surface area contributed by atoms with Crippen LogP contribution in [0, 0.1) is 0 Å². The van der Waals surface area contributed by atoms with Crippen LogP contribution in [0.2, 0.25) is 0 Å². The molecule has 0 aliphatic heterocycles. The fourth-order valence-electron chi connectivity index (χ4n) is 1.36. The van der Waals surface area contributed by atoms with Crippen LogP contribution in [-0.2, 0) is 6.18 Å². The summed E-state index contributed by atoms with van der Waals surface area (Å²) in [5, 5.41) is 5.69. The van der Waals surface area contributed by atoms with Crippen molar-refractivity contribution in [3.8, 4) is 0 Å². The lowest BCUT2D eigenvalue weighted by Gasteiger charge is -2.08. The Hall–Kier alpha value is -1.05. The molecule has 122 valence electrons. The first-order valence-corrected chi connectivity index (χ1v) is 5.97. The molecule has 0 atom stereocenters. The molecule has 1 amide bonds. The molecule has 0 aliphatic rings. The molecule has 1 aromatic rings. The van der Waals surface area contributed by atoms with Crippen molar-refractivity contribution >= 4 is 30.7 Å². The third-order valence-electron chi connectivity index (χ3n) is 2.33. The Kier molecular flexibility index (Phi) is 11.3. The zero-order chi connectivity index (χ0) is 14.3. The minimum Gasteiger partial charge on any atom is -0.351 e. The number of alkyl halides is 3. The molecular weight excluding hydrogens is 330 g/mol. The van der Waals surface area contributed by atoms with Crippen LogP contribution in [0.1, 0.15) is 29.4 Å². The van der Waals surface area contributed by atoms with Gasteiger partial charge in [-0.1, -0.05) is 6.92 Å². The van der Waals surface area contributed by atoms with Crippen LogP contribution < -0.4 is 10.6 Å². The maximum atomic E-state index is 12.3. The van der Waals surface area contributed by atoms with Crippen LogP contribution in [0.4, 0.5) is 13.2 Å². The van der Waals surface area contributed by atoms with Gasteiger partial charge in [0, 0.05) is 19.3 Å².